The van der Waals surface area contributed by atoms with Gasteiger partial charge in [-0.15, -0.1) is 0 Å². The van der Waals surface area contributed by atoms with E-state index in [0.717, 1.165) is 18.5 Å². The number of amides is 1. The van der Waals surface area contributed by atoms with E-state index in [1.165, 1.54) is 6.07 Å². The smallest absolute Gasteiger partial charge is 0.258 e. The number of aromatic hydroxyl groups is 1. The molecule has 2 aromatic rings. The number of aromatic amines is 1. The average Bonchev–Trinajstić information content (AvgIpc) is 2.87. The van der Waals surface area contributed by atoms with Crippen molar-refractivity contribution in [3.8, 4) is 5.75 Å². The number of para-hydroxylation sites is 2. The van der Waals surface area contributed by atoms with Crippen molar-refractivity contribution in [2.45, 2.75) is 19.3 Å². The van der Waals surface area contributed by atoms with Crippen molar-refractivity contribution < 1.29 is 14.7 Å². The number of H-pyrrole nitrogens is 1. The molecule has 5 nitrogen and oxygen atoms in total. The van der Waals surface area contributed by atoms with Crippen LogP contribution in [-0.2, 0) is 6.42 Å². The second kappa shape index (κ2) is 4.85. The zero-order chi connectivity index (χ0) is 14.1. The standard InChI is InChI=1S/C15H14N2O3/c18-12-6-2-1-4-10(12)17-15(20)9-8-16-11-5-3-7-13(19)14(9)11/h1-2,4,6,8,16,18H,3,5,7H2,(H,17,20). The Morgan fingerprint density at radius 3 is 2.85 bits per heavy atom. The lowest BCUT2D eigenvalue weighted by atomic mass is 9.93. The quantitative estimate of drug-likeness (QED) is 0.733. The third-order valence-corrected chi connectivity index (χ3v) is 3.47. The lowest BCUT2D eigenvalue weighted by Crippen LogP contribution is -2.17. The van der Waals surface area contributed by atoms with Gasteiger partial charge in [-0.3, -0.25) is 9.59 Å². The van der Waals surface area contributed by atoms with Crippen LogP contribution >= 0.6 is 0 Å². The Hall–Kier alpha value is -2.56. The van der Waals surface area contributed by atoms with Gasteiger partial charge in [-0.25, -0.2) is 0 Å². The van der Waals surface area contributed by atoms with Crippen LogP contribution in [0.4, 0.5) is 5.69 Å². The molecule has 20 heavy (non-hydrogen) atoms. The summed E-state index contributed by atoms with van der Waals surface area (Å²) in [7, 11) is 0. The summed E-state index contributed by atoms with van der Waals surface area (Å²) in [5, 5.41) is 12.3. The van der Waals surface area contributed by atoms with E-state index in [0.29, 0.717) is 23.2 Å². The summed E-state index contributed by atoms with van der Waals surface area (Å²) in [5.74, 6) is -0.397. The Bertz CT molecular complexity index is 688. The molecule has 0 bridgehead atoms. The molecule has 0 radical (unpaired) electrons. The number of nitrogens with one attached hydrogen (secondary N) is 2. The number of aryl methyl sites for hydroxylation is 1. The molecule has 0 spiro atoms. The lowest BCUT2D eigenvalue weighted by molar-refractivity contribution is 0.0956. The SMILES string of the molecule is O=C(Nc1ccccc1O)c1c[nH]c2c1C(=O)CCC2. The van der Waals surface area contributed by atoms with Crippen molar-refractivity contribution in [3.63, 3.8) is 0 Å². The fourth-order valence-electron chi connectivity index (χ4n) is 2.48. The van der Waals surface area contributed by atoms with E-state index in [4.69, 9.17) is 0 Å². The van der Waals surface area contributed by atoms with Crippen LogP contribution in [0.2, 0.25) is 0 Å². The predicted molar refractivity (Wildman–Crippen MR) is 74.1 cm³/mol. The van der Waals surface area contributed by atoms with Crippen molar-refractivity contribution >= 4 is 17.4 Å². The van der Waals surface area contributed by atoms with Crippen LogP contribution in [0.5, 0.6) is 5.75 Å². The van der Waals surface area contributed by atoms with Gasteiger partial charge in [0.15, 0.2) is 5.78 Å². The summed E-state index contributed by atoms with van der Waals surface area (Å²) < 4.78 is 0. The first-order chi connectivity index (χ1) is 9.66. The number of fused-ring (bicyclic) bond motifs is 1. The molecule has 0 unspecified atom stereocenters. The highest BCUT2D eigenvalue weighted by atomic mass is 16.3. The molecule has 1 aliphatic rings. The molecule has 1 aliphatic carbocycles. The van der Waals surface area contributed by atoms with Gasteiger partial charge in [-0.2, -0.15) is 0 Å². The highest BCUT2D eigenvalue weighted by molar-refractivity contribution is 6.13. The number of benzene rings is 1. The molecule has 3 N–H and O–H groups in total. The molecule has 0 saturated carbocycles. The first-order valence-electron chi connectivity index (χ1n) is 6.49. The molecule has 102 valence electrons. The Morgan fingerprint density at radius 2 is 2.05 bits per heavy atom. The average molecular weight is 270 g/mol. The second-order valence-corrected chi connectivity index (χ2v) is 4.80. The molecule has 0 fully saturated rings. The summed E-state index contributed by atoms with van der Waals surface area (Å²) in [4.78, 5) is 27.2. The molecule has 0 aliphatic heterocycles. The molecule has 5 heteroatoms. The number of carbonyl (C=O) groups excluding carboxylic acids is 2. The number of rotatable bonds is 2. The normalized spacial score (nSPS) is 13.9. The number of hydrogen-bond donors (Lipinski definition) is 3. The van der Waals surface area contributed by atoms with Crippen LogP contribution in [0.25, 0.3) is 0 Å². The van der Waals surface area contributed by atoms with E-state index in [1.807, 2.05) is 0 Å². The van der Waals surface area contributed by atoms with Crippen LogP contribution in [-0.4, -0.2) is 21.8 Å². The largest absolute Gasteiger partial charge is 0.506 e. The van der Waals surface area contributed by atoms with Gasteiger partial charge < -0.3 is 15.4 Å². The number of phenolic OH excluding ortho intramolecular Hbond substituents is 1. The van der Waals surface area contributed by atoms with Crippen LogP contribution in [0, 0.1) is 0 Å². The molecule has 1 aromatic heterocycles. The maximum absolute atomic E-state index is 12.3. The summed E-state index contributed by atoms with van der Waals surface area (Å²) in [5.41, 5.74) is 1.98. The van der Waals surface area contributed by atoms with Crippen molar-refractivity contribution in [1.82, 2.24) is 4.98 Å². The van der Waals surface area contributed by atoms with Crippen LogP contribution in [0.15, 0.2) is 30.5 Å². The molecule has 3 rings (SSSR count). The van der Waals surface area contributed by atoms with Gasteiger partial charge in [0.25, 0.3) is 5.91 Å². The van der Waals surface area contributed by atoms with E-state index in [1.54, 1.807) is 24.4 Å². The first-order valence-corrected chi connectivity index (χ1v) is 6.49. The monoisotopic (exact) mass is 270 g/mol. The number of Topliss-reactive ketones (excluding diaryl/α,β-unsaturated/α-hetero) is 1. The third-order valence-electron chi connectivity index (χ3n) is 3.47. The Balaban J connectivity index is 1.91. The lowest BCUT2D eigenvalue weighted by Gasteiger charge is -2.12. The number of anilines is 1. The third kappa shape index (κ3) is 2.07. The van der Waals surface area contributed by atoms with Gasteiger partial charge in [0, 0.05) is 18.3 Å². The number of carbonyl (C=O) groups is 2. The summed E-state index contributed by atoms with van der Waals surface area (Å²) >= 11 is 0. The second-order valence-electron chi connectivity index (χ2n) is 4.80. The Kier molecular flexibility index (Phi) is 3.02. The molecule has 0 atom stereocenters. The number of phenols is 1. The zero-order valence-electron chi connectivity index (χ0n) is 10.8. The topological polar surface area (TPSA) is 82.2 Å². The van der Waals surface area contributed by atoms with Crippen LogP contribution in [0.1, 0.15) is 39.3 Å². The van der Waals surface area contributed by atoms with Crippen molar-refractivity contribution in [1.29, 1.82) is 0 Å². The van der Waals surface area contributed by atoms with E-state index in [-0.39, 0.29) is 17.4 Å². The number of ketones is 1. The van der Waals surface area contributed by atoms with E-state index in [2.05, 4.69) is 10.3 Å². The fraction of sp³-hybridized carbons (Fsp3) is 0.200. The van der Waals surface area contributed by atoms with Crippen LogP contribution in [0.3, 0.4) is 0 Å². The molecule has 1 aromatic carbocycles. The number of aromatic nitrogens is 1. The fourth-order valence-corrected chi connectivity index (χ4v) is 2.48. The Morgan fingerprint density at radius 1 is 1.25 bits per heavy atom. The van der Waals surface area contributed by atoms with Crippen molar-refractivity contribution in [3.05, 3.63) is 47.3 Å². The minimum atomic E-state index is -0.390. The van der Waals surface area contributed by atoms with Gasteiger partial charge in [0.1, 0.15) is 5.75 Å². The van der Waals surface area contributed by atoms with E-state index in [9.17, 15) is 14.7 Å². The highest BCUT2D eigenvalue weighted by Gasteiger charge is 2.26. The molecular formula is C15H14N2O3. The van der Waals surface area contributed by atoms with Gasteiger partial charge >= 0.3 is 0 Å². The molecule has 0 saturated heterocycles. The first kappa shape index (κ1) is 12.5. The maximum Gasteiger partial charge on any atom is 0.258 e. The summed E-state index contributed by atoms with van der Waals surface area (Å²) in [6, 6.07) is 6.49. The minimum Gasteiger partial charge on any atom is -0.506 e. The molecule has 1 amide bonds. The van der Waals surface area contributed by atoms with Gasteiger partial charge in [-0.05, 0) is 25.0 Å². The molecular weight excluding hydrogens is 256 g/mol. The Labute approximate surface area is 115 Å². The van der Waals surface area contributed by atoms with Crippen molar-refractivity contribution in [2.24, 2.45) is 0 Å². The zero-order valence-corrected chi connectivity index (χ0v) is 10.8. The van der Waals surface area contributed by atoms with Crippen molar-refractivity contribution in [2.75, 3.05) is 5.32 Å². The van der Waals surface area contributed by atoms with E-state index >= 15 is 0 Å². The molecule has 1 heterocycles. The van der Waals surface area contributed by atoms with Gasteiger partial charge in [0.2, 0.25) is 0 Å². The van der Waals surface area contributed by atoms with Gasteiger partial charge in [-0.1, -0.05) is 12.1 Å². The number of hydrogen-bond acceptors (Lipinski definition) is 3. The summed E-state index contributed by atoms with van der Waals surface area (Å²) in [6.07, 6.45) is 3.63. The summed E-state index contributed by atoms with van der Waals surface area (Å²) in [6.45, 7) is 0. The highest BCUT2D eigenvalue weighted by Crippen LogP contribution is 2.26. The van der Waals surface area contributed by atoms with Gasteiger partial charge in [0.05, 0.1) is 16.8 Å². The maximum atomic E-state index is 12.3. The minimum absolute atomic E-state index is 0.00317. The van der Waals surface area contributed by atoms with E-state index < -0.39 is 0 Å². The predicted octanol–water partition coefficient (Wildman–Crippen LogP) is 2.49. The van der Waals surface area contributed by atoms with Crippen LogP contribution < -0.4 is 5.32 Å².